The van der Waals surface area contributed by atoms with Crippen LogP contribution in [0.5, 0.6) is 0 Å². The Bertz CT molecular complexity index is 1520. The molecule has 0 radical (unpaired) electrons. The number of amides is 1. The lowest BCUT2D eigenvalue weighted by molar-refractivity contribution is -0.379. The normalized spacial score (nSPS) is 34.1. The molecule has 3 rings (SSSR count). The lowest BCUT2D eigenvalue weighted by Gasteiger charge is -2.48. The van der Waals surface area contributed by atoms with E-state index in [1.54, 1.807) is 12.2 Å². The van der Waals surface area contributed by atoms with E-state index in [4.69, 9.17) is 28.4 Å². The largest absolute Gasteiger partial charge is 0.394 e. The van der Waals surface area contributed by atoms with Gasteiger partial charge in [0, 0.05) is 6.42 Å². The summed E-state index contributed by atoms with van der Waals surface area (Å²) in [5.74, 6) is -0.337. The van der Waals surface area contributed by atoms with Crippen LogP contribution in [0.2, 0.25) is 0 Å². The number of aliphatic hydroxyl groups excluding tert-OH is 11. The van der Waals surface area contributed by atoms with Gasteiger partial charge in [-0.2, -0.15) is 0 Å². The fourth-order valence-corrected chi connectivity index (χ4v) is 7.49. The Hall–Kier alpha value is -2.77. The summed E-state index contributed by atoms with van der Waals surface area (Å²) in [6, 6.07) is -1.01. The fraction of sp³-hybridized carbons (Fsp3) is 0.729. The predicted molar refractivity (Wildman–Crippen MR) is 245 cm³/mol. The minimum Gasteiger partial charge on any atom is -0.394 e. The van der Waals surface area contributed by atoms with Crippen LogP contribution >= 0.6 is 0 Å². The number of carbonyl (C=O) groups is 1. The average Bonchev–Trinajstić information content (AvgIpc) is 3.32. The number of rotatable bonds is 30. The van der Waals surface area contributed by atoms with E-state index in [2.05, 4.69) is 79.9 Å². The van der Waals surface area contributed by atoms with Crippen LogP contribution in [0.15, 0.2) is 72.9 Å². The first-order valence-corrected chi connectivity index (χ1v) is 23.7. The third-order valence-corrected chi connectivity index (χ3v) is 11.5. The minimum atomic E-state index is -1.98. The second-order valence-electron chi connectivity index (χ2n) is 16.8. The zero-order chi connectivity index (χ0) is 49.1. The van der Waals surface area contributed by atoms with E-state index in [1.807, 2.05) is 0 Å². The molecule has 19 heteroatoms. The highest BCUT2D eigenvalue weighted by molar-refractivity contribution is 5.76. The van der Waals surface area contributed by atoms with Gasteiger partial charge in [0.15, 0.2) is 18.9 Å². The summed E-state index contributed by atoms with van der Waals surface area (Å²) in [5.41, 5.74) is 0. The average molecular weight is 958 g/mol. The Kier molecular flexibility index (Phi) is 28.8. The third kappa shape index (κ3) is 19.5. The van der Waals surface area contributed by atoms with E-state index in [-0.39, 0.29) is 12.3 Å². The fourth-order valence-electron chi connectivity index (χ4n) is 7.49. The minimum absolute atomic E-state index is 0.178. The molecule has 1 amide bonds. The van der Waals surface area contributed by atoms with Crippen LogP contribution in [0, 0.1) is 0 Å². The zero-order valence-electron chi connectivity index (χ0n) is 38.8. The van der Waals surface area contributed by atoms with Gasteiger partial charge in [-0.15, -0.1) is 0 Å². The molecule has 3 heterocycles. The van der Waals surface area contributed by atoms with Crippen molar-refractivity contribution >= 4 is 5.91 Å². The zero-order valence-corrected chi connectivity index (χ0v) is 38.8. The van der Waals surface area contributed by atoms with Crippen molar-refractivity contribution < 1.29 is 89.4 Å². The number of unbranched alkanes of at least 4 members (excludes halogenated alkanes) is 4. The Morgan fingerprint density at radius 1 is 0.552 bits per heavy atom. The molecule has 384 valence electrons. The molecule has 0 bridgehead atoms. The van der Waals surface area contributed by atoms with Gasteiger partial charge < -0.3 is 89.9 Å². The molecule has 0 aromatic heterocycles. The van der Waals surface area contributed by atoms with Gasteiger partial charge in [-0.3, -0.25) is 4.79 Å². The van der Waals surface area contributed by atoms with Crippen LogP contribution in [0.1, 0.15) is 90.9 Å². The highest BCUT2D eigenvalue weighted by atomic mass is 16.8. The maximum atomic E-state index is 13.1. The first kappa shape index (κ1) is 58.5. The van der Waals surface area contributed by atoms with Gasteiger partial charge >= 0.3 is 0 Å². The first-order chi connectivity index (χ1) is 32.3. The van der Waals surface area contributed by atoms with Crippen LogP contribution in [0.25, 0.3) is 0 Å². The smallest absolute Gasteiger partial charge is 0.220 e. The molecule has 0 spiro atoms. The van der Waals surface area contributed by atoms with E-state index < -0.39 is 131 Å². The number of aliphatic hydroxyl groups is 11. The van der Waals surface area contributed by atoms with E-state index in [1.165, 1.54) is 0 Å². The molecule has 3 saturated heterocycles. The lowest BCUT2D eigenvalue weighted by atomic mass is 9.96. The quantitative estimate of drug-likeness (QED) is 0.0342. The molecule has 3 aliphatic rings. The SMILES string of the molecule is CC/C=C\C/C=C\C/C=C\C/C=C\CCCCC(=O)NC(COC1OC(CO)C(OC2OC(CO)C(OC3OC(CO)C(O)C(O)C3O)C(O)C2O)C(O)C1O)C(O)/C=C/CC/C=C/CCC. The molecular formula is C48H79NO18. The van der Waals surface area contributed by atoms with Crippen molar-refractivity contribution in [1.29, 1.82) is 0 Å². The molecule has 67 heavy (non-hydrogen) atoms. The van der Waals surface area contributed by atoms with Crippen LogP contribution in [0.4, 0.5) is 0 Å². The number of ether oxygens (including phenoxy) is 6. The number of carbonyl (C=O) groups excluding carboxylic acids is 1. The third-order valence-electron chi connectivity index (χ3n) is 11.5. The first-order valence-electron chi connectivity index (χ1n) is 23.7. The number of hydrogen-bond donors (Lipinski definition) is 12. The summed E-state index contributed by atoms with van der Waals surface area (Å²) < 4.78 is 33.9. The van der Waals surface area contributed by atoms with Gasteiger partial charge in [0.2, 0.25) is 5.91 Å². The molecule has 0 aromatic carbocycles. The molecule has 19 nitrogen and oxygen atoms in total. The summed E-state index contributed by atoms with van der Waals surface area (Å²) in [4.78, 5) is 13.1. The summed E-state index contributed by atoms with van der Waals surface area (Å²) in [7, 11) is 0. The standard InChI is InChI=1S/C48H79NO18/c1-3-5-7-9-11-12-13-14-15-16-17-18-20-22-24-26-36(54)49-31(32(53)25-23-21-19-10-8-6-4-2)30-62-46-42(60)39(57)44(34(28-51)64-46)67-48-43(61)40(58)45(35(29-52)65-48)66-47-41(59)38(56)37(55)33(27-50)63-47/h5,7-8,10-12,14-15,17-18,23,25,31-35,37-48,50-53,55-61H,3-4,6,9,13,16,19-22,24,26-30H2,1-2H3,(H,49,54)/b7-5-,10-8+,12-11-,15-14-,18-17-,25-23+. The van der Waals surface area contributed by atoms with E-state index >= 15 is 0 Å². The lowest BCUT2D eigenvalue weighted by Crippen LogP contribution is -2.66. The van der Waals surface area contributed by atoms with Gasteiger partial charge in [0.05, 0.1) is 38.6 Å². The van der Waals surface area contributed by atoms with Crippen molar-refractivity contribution in [2.24, 2.45) is 0 Å². The Balaban J connectivity index is 1.58. The molecule has 12 N–H and O–H groups in total. The van der Waals surface area contributed by atoms with Crippen molar-refractivity contribution in [2.75, 3.05) is 26.4 Å². The maximum absolute atomic E-state index is 13.1. The van der Waals surface area contributed by atoms with Crippen molar-refractivity contribution in [3.05, 3.63) is 72.9 Å². The van der Waals surface area contributed by atoms with Crippen LogP contribution in [0.3, 0.4) is 0 Å². The number of nitrogens with one attached hydrogen (secondary N) is 1. The molecular weight excluding hydrogens is 879 g/mol. The van der Waals surface area contributed by atoms with Crippen molar-refractivity contribution in [3.8, 4) is 0 Å². The van der Waals surface area contributed by atoms with Gasteiger partial charge in [0.25, 0.3) is 0 Å². The van der Waals surface area contributed by atoms with E-state index in [9.17, 15) is 61.0 Å². The van der Waals surface area contributed by atoms with Crippen LogP contribution in [-0.2, 0) is 33.2 Å². The summed E-state index contributed by atoms with van der Waals surface area (Å²) in [5, 5.41) is 119. The summed E-state index contributed by atoms with van der Waals surface area (Å²) in [6.45, 7) is 1.36. The molecule has 3 aliphatic heterocycles. The van der Waals surface area contributed by atoms with Gasteiger partial charge in [-0.05, 0) is 64.2 Å². The van der Waals surface area contributed by atoms with Crippen LogP contribution in [-0.4, -0.2) is 193 Å². The summed E-state index contributed by atoms with van der Waals surface area (Å²) >= 11 is 0. The maximum Gasteiger partial charge on any atom is 0.220 e. The molecule has 17 unspecified atom stereocenters. The van der Waals surface area contributed by atoms with Crippen molar-refractivity contribution in [3.63, 3.8) is 0 Å². The molecule has 0 aromatic rings. The molecule has 0 aliphatic carbocycles. The van der Waals surface area contributed by atoms with Gasteiger partial charge in [-0.1, -0.05) is 93.2 Å². The molecule has 17 atom stereocenters. The van der Waals surface area contributed by atoms with Gasteiger partial charge in [0.1, 0.15) is 73.2 Å². The Morgan fingerprint density at radius 3 is 1.60 bits per heavy atom. The second-order valence-corrected chi connectivity index (χ2v) is 16.8. The monoisotopic (exact) mass is 958 g/mol. The van der Waals surface area contributed by atoms with Crippen LogP contribution < -0.4 is 5.32 Å². The molecule has 3 fully saturated rings. The van der Waals surface area contributed by atoms with Gasteiger partial charge in [-0.25, -0.2) is 0 Å². The van der Waals surface area contributed by atoms with E-state index in [0.29, 0.717) is 12.8 Å². The van der Waals surface area contributed by atoms with Crippen molar-refractivity contribution in [2.45, 2.75) is 195 Å². The topological polar surface area (TPSA) is 307 Å². The highest BCUT2D eigenvalue weighted by Gasteiger charge is 2.53. The van der Waals surface area contributed by atoms with Crippen molar-refractivity contribution in [1.82, 2.24) is 5.32 Å². The highest BCUT2D eigenvalue weighted by Crippen LogP contribution is 2.33. The predicted octanol–water partition coefficient (Wildman–Crippen LogP) is 0.355. The summed E-state index contributed by atoms with van der Waals surface area (Å²) in [6.07, 6.45) is 6.81. The second kappa shape index (κ2) is 32.9. The number of allylic oxidation sites excluding steroid dienone is 11. The Morgan fingerprint density at radius 2 is 1.03 bits per heavy atom. The number of hydrogen-bond acceptors (Lipinski definition) is 18. The van der Waals surface area contributed by atoms with E-state index in [0.717, 1.165) is 57.8 Å². The molecule has 0 saturated carbocycles. The Labute approximate surface area is 394 Å².